The van der Waals surface area contributed by atoms with Gasteiger partial charge in [0.15, 0.2) is 0 Å². The zero-order chi connectivity index (χ0) is 13.9. The Hall–Kier alpha value is -0.570. The highest BCUT2D eigenvalue weighted by Crippen LogP contribution is 2.29. The fourth-order valence-electron chi connectivity index (χ4n) is 2.72. The van der Waals surface area contributed by atoms with Gasteiger partial charge in [-0.3, -0.25) is 0 Å². The maximum Gasteiger partial charge on any atom is 0.0666 e. The molecule has 0 aromatic heterocycles. The van der Waals surface area contributed by atoms with E-state index in [1.165, 1.54) is 5.56 Å². The molecule has 3 atom stereocenters. The molecule has 1 heterocycles. The zero-order valence-corrected chi connectivity index (χ0v) is 12.8. The van der Waals surface area contributed by atoms with Crippen LogP contribution in [0.2, 0.25) is 5.02 Å². The first-order chi connectivity index (χ1) is 9.02. The number of hydrogen-bond donors (Lipinski definition) is 1. The average molecular weight is 282 g/mol. The minimum absolute atomic E-state index is 0.0373. The Labute approximate surface area is 121 Å². The SMILES string of the molecule is CCC1(C)CC(NC(C)c2ccc(Cl)cc2)CCO1. The third kappa shape index (κ3) is 3.95. The molecule has 0 bridgehead atoms. The molecule has 3 unspecified atom stereocenters. The van der Waals surface area contributed by atoms with Crippen LogP contribution >= 0.6 is 11.6 Å². The van der Waals surface area contributed by atoms with E-state index >= 15 is 0 Å². The van der Waals surface area contributed by atoms with Gasteiger partial charge < -0.3 is 10.1 Å². The van der Waals surface area contributed by atoms with Gasteiger partial charge in [-0.2, -0.15) is 0 Å². The summed E-state index contributed by atoms with van der Waals surface area (Å²) < 4.78 is 5.89. The normalized spacial score (nSPS) is 29.2. The Bertz CT molecular complexity index is 406. The molecule has 1 aromatic carbocycles. The summed E-state index contributed by atoms with van der Waals surface area (Å²) in [5.41, 5.74) is 1.32. The minimum atomic E-state index is 0.0373. The van der Waals surface area contributed by atoms with Gasteiger partial charge in [0.25, 0.3) is 0 Å². The summed E-state index contributed by atoms with van der Waals surface area (Å²) in [6, 6.07) is 8.98. The van der Waals surface area contributed by atoms with Crippen molar-refractivity contribution in [1.82, 2.24) is 5.32 Å². The van der Waals surface area contributed by atoms with E-state index in [1.54, 1.807) is 0 Å². The molecule has 1 saturated heterocycles. The van der Waals surface area contributed by atoms with Crippen LogP contribution in [0.5, 0.6) is 0 Å². The summed E-state index contributed by atoms with van der Waals surface area (Å²) in [6.45, 7) is 7.48. The standard InChI is InChI=1S/C16H24ClNO/c1-4-16(3)11-15(9-10-19-16)18-12(2)13-5-7-14(17)8-6-13/h5-8,12,15,18H,4,9-11H2,1-3H3. The summed E-state index contributed by atoms with van der Waals surface area (Å²) in [5, 5.41) is 4.51. The number of ether oxygens (including phenoxy) is 1. The van der Waals surface area contributed by atoms with Crippen LogP contribution in [0.25, 0.3) is 0 Å². The van der Waals surface area contributed by atoms with Gasteiger partial charge in [0.1, 0.15) is 0 Å². The van der Waals surface area contributed by atoms with Gasteiger partial charge in [-0.15, -0.1) is 0 Å². The molecule has 0 spiro atoms. The van der Waals surface area contributed by atoms with E-state index in [0.29, 0.717) is 12.1 Å². The molecule has 0 amide bonds. The molecule has 2 nitrogen and oxygen atoms in total. The lowest BCUT2D eigenvalue weighted by Crippen LogP contribution is -2.45. The first-order valence-electron chi connectivity index (χ1n) is 7.18. The fourth-order valence-corrected chi connectivity index (χ4v) is 2.85. The van der Waals surface area contributed by atoms with Gasteiger partial charge >= 0.3 is 0 Å². The van der Waals surface area contributed by atoms with Gasteiger partial charge in [-0.05, 0) is 50.8 Å². The molecule has 106 valence electrons. The van der Waals surface area contributed by atoms with E-state index in [9.17, 15) is 0 Å². The largest absolute Gasteiger partial charge is 0.375 e. The van der Waals surface area contributed by atoms with Gasteiger partial charge in [0.2, 0.25) is 0 Å². The van der Waals surface area contributed by atoms with Gasteiger partial charge in [-0.1, -0.05) is 30.7 Å². The number of halogens is 1. The minimum Gasteiger partial charge on any atom is -0.375 e. The molecule has 1 N–H and O–H groups in total. The Morgan fingerprint density at radius 2 is 2.11 bits per heavy atom. The third-order valence-corrected chi connectivity index (χ3v) is 4.45. The van der Waals surface area contributed by atoms with Crippen LogP contribution in [0, 0.1) is 0 Å². The number of benzene rings is 1. The molecule has 1 aliphatic rings. The quantitative estimate of drug-likeness (QED) is 0.886. The molecule has 1 aromatic rings. The molecule has 3 heteroatoms. The summed E-state index contributed by atoms with van der Waals surface area (Å²) in [5.74, 6) is 0. The summed E-state index contributed by atoms with van der Waals surface area (Å²) in [6.07, 6.45) is 3.25. The van der Waals surface area contributed by atoms with Crippen molar-refractivity contribution in [3.05, 3.63) is 34.9 Å². The van der Waals surface area contributed by atoms with Crippen LogP contribution in [0.1, 0.15) is 51.6 Å². The van der Waals surface area contributed by atoms with Crippen molar-refractivity contribution >= 4 is 11.6 Å². The molecule has 19 heavy (non-hydrogen) atoms. The second-order valence-corrected chi connectivity index (χ2v) is 6.22. The molecular formula is C16H24ClNO. The first kappa shape index (κ1) is 14.8. The number of hydrogen-bond acceptors (Lipinski definition) is 2. The van der Waals surface area contributed by atoms with Gasteiger partial charge in [0.05, 0.1) is 5.60 Å². The maximum absolute atomic E-state index is 5.93. The van der Waals surface area contributed by atoms with E-state index in [2.05, 4.69) is 38.2 Å². The second kappa shape index (κ2) is 6.25. The van der Waals surface area contributed by atoms with Crippen LogP contribution in [-0.2, 0) is 4.74 Å². The van der Waals surface area contributed by atoms with Crippen molar-refractivity contribution in [3.63, 3.8) is 0 Å². The predicted octanol–water partition coefficient (Wildman–Crippen LogP) is 4.34. The Morgan fingerprint density at radius 3 is 2.74 bits per heavy atom. The maximum atomic E-state index is 5.93. The topological polar surface area (TPSA) is 21.3 Å². The second-order valence-electron chi connectivity index (χ2n) is 5.78. The highest BCUT2D eigenvalue weighted by Gasteiger charge is 2.32. The zero-order valence-electron chi connectivity index (χ0n) is 12.1. The Kier molecular flexibility index (Phi) is 4.88. The Morgan fingerprint density at radius 1 is 1.42 bits per heavy atom. The first-order valence-corrected chi connectivity index (χ1v) is 7.56. The molecule has 0 saturated carbocycles. The number of nitrogens with one attached hydrogen (secondary N) is 1. The van der Waals surface area contributed by atoms with Crippen LogP contribution < -0.4 is 5.32 Å². The monoisotopic (exact) mass is 281 g/mol. The van der Waals surface area contributed by atoms with Crippen LogP contribution in [0.3, 0.4) is 0 Å². The third-order valence-electron chi connectivity index (χ3n) is 4.20. The molecule has 2 rings (SSSR count). The summed E-state index contributed by atoms with van der Waals surface area (Å²) in [7, 11) is 0. The van der Waals surface area contributed by atoms with E-state index in [1.807, 2.05) is 12.1 Å². The lowest BCUT2D eigenvalue weighted by atomic mass is 9.89. The van der Waals surface area contributed by atoms with Gasteiger partial charge in [-0.25, -0.2) is 0 Å². The van der Waals surface area contributed by atoms with Crippen molar-refractivity contribution < 1.29 is 4.74 Å². The summed E-state index contributed by atoms with van der Waals surface area (Å²) in [4.78, 5) is 0. The van der Waals surface area contributed by atoms with Crippen molar-refractivity contribution in [2.24, 2.45) is 0 Å². The highest BCUT2D eigenvalue weighted by molar-refractivity contribution is 6.30. The van der Waals surface area contributed by atoms with Crippen molar-refractivity contribution in [2.75, 3.05) is 6.61 Å². The Balaban J connectivity index is 1.95. The van der Waals surface area contributed by atoms with Crippen molar-refractivity contribution in [2.45, 2.75) is 57.7 Å². The van der Waals surface area contributed by atoms with Crippen molar-refractivity contribution in [3.8, 4) is 0 Å². The predicted molar refractivity (Wildman–Crippen MR) is 80.7 cm³/mol. The van der Waals surface area contributed by atoms with Crippen LogP contribution in [0.4, 0.5) is 0 Å². The van der Waals surface area contributed by atoms with Crippen molar-refractivity contribution in [1.29, 1.82) is 0 Å². The fraction of sp³-hybridized carbons (Fsp3) is 0.625. The lowest BCUT2D eigenvalue weighted by Gasteiger charge is -2.39. The van der Waals surface area contributed by atoms with E-state index in [4.69, 9.17) is 16.3 Å². The highest BCUT2D eigenvalue weighted by atomic mass is 35.5. The van der Waals surface area contributed by atoms with E-state index < -0.39 is 0 Å². The van der Waals surface area contributed by atoms with Crippen LogP contribution in [0.15, 0.2) is 24.3 Å². The smallest absolute Gasteiger partial charge is 0.0666 e. The van der Waals surface area contributed by atoms with E-state index in [0.717, 1.165) is 30.9 Å². The van der Waals surface area contributed by atoms with Gasteiger partial charge in [0, 0.05) is 23.7 Å². The summed E-state index contributed by atoms with van der Waals surface area (Å²) >= 11 is 5.93. The van der Waals surface area contributed by atoms with E-state index in [-0.39, 0.29) is 5.60 Å². The molecular weight excluding hydrogens is 258 g/mol. The molecule has 0 radical (unpaired) electrons. The average Bonchev–Trinajstić information content (AvgIpc) is 2.39. The molecule has 1 aliphatic heterocycles. The molecule has 0 aliphatic carbocycles. The van der Waals surface area contributed by atoms with Crippen LogP contribution in [-0.4, -0.2) is 18.2 Å². The molecule has 1 fully saturated rings. The lowest BCUT2D eigenvalue weighted by molar-refractivity contribution is -0.0789. The number of rotatable bonds is 4.